The van der Waals surface area contributed by atoms with Crippen LogP contribution in [-0.2, 0) is 12.8 Å². The van der Waals surface area contributed by atoms with Crippen LogP contribution in [0, 0.1) is 0 Å². The first-order valence-electron chi connectivity index (χ1n) is 7.02. The molecule has 0 radical (unpaired) electrons. The zero-order chi connectivity index (χ0) is 14.8. The number of fused-ring (bicyclic) bond motifs is 1. The van der Waals surface area contributed by atoms with Crippen molar-refractivity contribution in [1.29, 1.82) is 0 Å². The highest BCUT2D eigenvalue weighted by Gasteiger charge is 2.15. The van der Waals surface area contributed by atoms with Gasteiger partial charge in [-0.15, -0.1) is 0 Å². The van der Waals surface area contributed by atoms with E-state index >= 15 is 0 Å². The van der Waals surface area contributed by atoms with E-state index in [9.17, 15) is 5.11 Å². The van der Waals surface area contributed by atoms with Gasteiger partial charge in [-0.25, -0.2) is 0 Å². The summed E-state index contributed by atoms with van der Waals surface area (Å²) in [6, 6.07) is 11.6. The molecule has 110 valence electrons. The normalized spacial score (nSPS) is 14.6. The number of rotatable bonds is 4. The van der Waals surface area contributed by atoms with Crippen LogP contribution in [0.4, 0.5) is 0 Å². The van der Waals surface area contributed by atoms with Gasteiger partial charge in [-0.1, -0.05) is 47.5 Å². The van der Waals surface area contributed by atoms with Crippen LogP contribution in [0.1, 0.15) is 29.2 Å². The van der Waals surface area contributed by atoms with Gasteiger partial charge < -0.3 is 9.84 Å². The third kappa shape index (κ3) is 3.18. The highest BCUT2D eigenvalue weighted by Crippen LogP contribution is 2.32. The lowest BCUT2D eigenvalue weighted by Gasteiger charge is -2.13. The summed E-state index contributed by atoms with van der Waals surface area (Å²) in [6.07, 6.45) is 1.75. The van der Waals surface area contributed by atoms with Gasteiger partial charge in [0.15, 0.2) is 0 Å². The summed E-state index contributed by atoms with van der Waals surface area (Å²) in [5.74, 6) is 0.984. The van der Waals surface area contributed by atoms with Crippen molar-refractivity contribution in [3.8, 4) is 5.75 Å². The largest absolute Gasteiger partial charge is 0.493 e. The Morgan fingerprint density at radius 3 is 2.90 bits per heavy atom. The maximum absolute atomic E-state index is 10.3. The lowest BCUT2D eigenvalue weighted by Crippen LogP contribution is -2.01. The first-order chi connectivity index (χ1) is 10.1. The summed E-state index contributed by atoms with van der Waals surface area (Å²) in [5, 5.41) is 11.2. The minimum absolute atomic E-state index is 0.439. The molecule has 1 atom stereocenters. The predicted octanol–water partition coefficient (Wildman–Crippen LogP) is 4.59. The number of aryl methyl sites for hydroxylation is 1. The van der Waals surface area contributed by atoms with Crippen molar-refractivity contribution in [3.05, 3.63) is 63.1 Å². The van der Waals surface area contributed by atoms with Crippen molar-refractivity contribution in [2.24, 2.45) is 0 Å². The molecule has 4 heteroatoms. The summed E-state index contributed by atoms with van der Waals surface area (Å²) in [5.41, 5.74) is 3.15. The van der Waals surface area contributed by atoms with E-state index < -0.39 is 6.10 Å². The molecule has 0 fully saturated rings. The highest BCUT2D eigenvalue weighted by molar-refractivity contribution is 6.42. The molecule has 1 unspecified atom stereocenters. The molecule has 0 saturated carbocycles. The lowest BCUT2D eigenvalue weighted by molar-refractivity contribution is 0.168. The topological polar surface area (TPSA) is 29.5 Å². The average Bonchev–Trinajstić information content (AvgIpc) is 2.95. The monoisotopic (exact) mass is 322 g/mol. The molecule has 0 bridgehead atoms. The molecular formula is C17H16Cl2O2. The molecule has 2 aromatic rings. The Balaban J connectivity index is 1.68. The third-order valence-electron chi connectivity index (χ3n) is 3.80. The van der Waals surface area contributed by atoms with Crippen molar-refractivity contribution in [3.63, 3.8) is 0 Å². The molecule has 3 rings (SSSR count). The van der Waals surface area contributed by atoms with Gasteiger partial charge in [-0.2, -0.15) is 0 Å². The van der Waals surface area contributed by atoms with Gasteiger partial charge in [-0.3, -0.25) is 0 Å². The first-order valence-corrected chi connectivity index (χ1v) is 7.77. The zero-order valence-electron chi connectivity index (χ0n) is 11.5. The van der Waals surface area contributed by atoms with Crippen LogP contribution < -0.4 is 4.74 Å². The van der Waals surface area contributed by atoms with Crippen molar-refractivity contribution in [2.45, 2.75) is 25.4 Å². The molecule has 1 aliphatic rings. The van der Waals surface area contributed by atoms with Crippen LogP contribution in [-0.4, -0.2) is 11.7 Å². The quantitative estimate of drug-likeness (QED) is 0.891. The second kappa shape index (κ2) is 6.27. The zero-order valence-corrected chi connectivity index (χ0v) is 13.0. The summed E-state index contributed by atoms with van der Waals surface area (Å²) in [7, 11) is 0. The van der Waals surface area contributed by atoms with Gasteiger partial charge in [0.2, 0.25) is 0 Å². The first kappa shape index (κ1) is 14.7. The van der Waals surface area contributed by atoms with Crippen molar-refractivity contribution in [2.75, 3.05) is 6.61 Å². The number of aliphatic hydroxyl groups excluding tert-OH is 1. The van der Waals surface area contributed by atoms with Crippen LogP contribution in [0.3, 0.4) is 0 Å². The predicted molar refractivity (Wildman–Crippen MR) is 85.4 cm³/mol. The van der Waals surface area contributed by atoms with E-state index in [2.05, 4.69) is 12.1 Å². The standard InChI is InChI=1S/C17H16Cl2O2/c18-14-3-1-2-13(17(14)19)15(20)6-4-11-5-7-16-12(10-11)8-9-21-16/h1-3,5,7,10,15,20H,4,6,8-9H2. The van der Waals surface area contributed by atoms with E-state index in [-0.39, 0.29) is 0 Å². The molecule has 2 nitrogen and oxygen atoms in total. The van der Waals surface area contributed by atoms with Gasteiger partial charge in [0.05, 0.1) is 22.8 Å². The summed E-state index contributed by atoms with van der Waals surface area (Å²) in [6.45, 7) is 0.763. The van der Waals surface area contributed by atoms with E-state index in [0.717, 1.165) is 25.2 Å². The Labute approximate surface area is 134 Å². The average molecular weight is 323 g/mol. The fourth-order valence-corrected chi connectivity index (χ4v) is 3.07. The molecular weight excluding hydrogens is 307 g/mol. The number of benzene rings is 2. The number of hydrogen-bond acceptors (Lipinski definition) is 2. The van der Waals surface area contributed by atoms with Crippen LogP contribution >= 0.6 is 23.2 Å². The maximum atomic E-state index is 10.3. The minimum atomic E-state index is -0.610. The van der Waals surface area contributed by atoms with E-state index in [4.69, 9.17) is 27.9 Å². The van der Waals surface area contributed by atoms with Gasteiger partial charge in [-0.05, 0) is 36.1 Å². The van der Waals surface area contributed by atoms with Crippen LogP contribution in [0.15, 0.2) is 36.4 Å². The van der Waals surface area contributed by atoms with Crippen LogP contribution in [0.2, 0.25) is 10.0 Å². The molecule has 0 aliphatic carbocycles. The Morgan fingerprint density at radius 2 is 2.05 bits per heavy atom. The van der Waals surface area contributed by atoms with Gasteiger partial charge >= 0.3 is 0 Å². The van der Waals surface area contributed by atoms with Crippen LogP contribution in [0.25, 0.3) is 0 Å². The minimum Gasteiger partial charge on any atom is -0.493 e. The number of ether oxygens (including phenoxy) is 1. The molecule has 0 saturated heterocycles. The lowest BCUT2D eigenvalue weighted by atomic mass is 9.99. The molecule has 0 amide bonds. The second-order valence-electron chi connectivity index (χ2n) is 5.24. The fourth-order valence-electron chi connectivity index (χ4n) is 2.63. The van der Waals surface area contributed by atoms with Crippen LogP contribution in [0.5, 0.6) is 5.75 Å². The van der Waals surface area contributed by atoms with E-state index in [1.54, 1.807) is 12.1 Å². The fraction of sp³-hybridized carbons (Fsp3) is 0.294. The molecule has 0 aromatic heterocycles. The smallest absolute Gasteiger partial charge is 0.122 e. The molecule has 1 N–H and O–H groups in total. The Morgan fingerprint density at radius 1 is 1.19 bits per heavy atom. The molecule has 21 heavy (non-hydrogen) atoms. The highest BCUT2D eigenvalue weighted by atomic mass is 35.5. The summed E-state index contributed by atoms with van der Waals surface area (Å²) < 4.78 is 5.50. The van der Waals surface area contributed by atoms with E-state index in [1.807, 2.05) is 12.1 Å². The van der Waals surface area contributed by atoms with Gasteiger partial charge in [0, 0.05) is 12.0 Å². The maximum Gasteiger partial charge on any atom is 0.122 e. The molecule has 2 aromatic carbocycles. The van der Waals surface area contributed by atoms with Gasteiger partial charge in [0.1, 0.15) is 5.75 Å². The number of aliphatic hydroxyl groups is 1. The number of halogens is 2. The third-order valence-corrected chi connectivity index (χ3v) is 4.63. The Hall–Kier alpha value is -1.22. The van der Waals surface area contributed by atoms with Crippen molar-refractivity contribution in [1.82, 2.24) is 0 Å². The Kier molecular flexibility index (Phi) is 4.39. The summed E-state index contributed by atoms with van der Waals surface area (Å²) >= 11 is 12.1. The number of hydrogen-bond donors (Lipinski definition) is 1. The van der Waals surface area contributed by atoms with E-state index in [1.165, 1.54) is 11.1 Å². The molecule has 1 heterocycles. The van der Waals surface area contributed by atoms with E-state index in [0.29, 0.717) is 22.0 Å². The summed E-state index contributed by atoms with van der Waals surface area (Å²) in [4.78, 5) is 0. The second-order valence-corrected chi connectivity index (χ2v) is 6.02. The Bertz CT molecular complexity index is 655. The molecule has 1 aliphatic heterocycles. The van der Waals surface area contributed by atoms with Crippen molar-refractivity contribution < 1.29 is 9.84 Å². The SMILES string of the molecule is OC(CCc1ccc2c(c1)CCO2)c1cccc(Cl)c1Cl. The van der Waals surface area contributed by atoms with Gasteiger partial charge in [0.25, 0.3) is 0 Å². The van der Waals surface area contributed by atoms with Crippen molar-refractivity contribution >= 4 is 23.2 Å². The molecule has 0 spiro atoms.